The first-order valence-electron chi connectivity index (χ1n) is 7.01. The van der Waals surface area contributed by atoms with Crippen LogP contribution < -0.4 is 20.7 Å². The minimum atomic E-state index is 0.438. The second kappa shape index (κ2) is 7.44. The summed E-state index contributed by atoms with van der Waals surface area (Å²) in [6.07, 6.45) is 1.71. The van der Waals surface area contributed by atoms with E-state index in [1.165, 1.54) is 0 Å². The van der Waals surface area contributed by atoms with Gasteiger partial charge in [-0.05, 0) is 25.5 Å². The fourth-order valence-electron chi connectivity index (χ4n) is 1.86. The summed E-state index contributed by atoms with van der Waals surface area (Å²) in [4.78, 5) is 8.67. The Morgan fingerprint density at radius 2 is 1.90 bits per heavy atom. The van der Waals surface area contributed by atoms with Gasteiger partial charge in [0.1, 0.15) is 11.6 Å². The average Bonchev–Trinajstić information content (AvgIpc) is 2.49. The van der Waals surface area contributed by atoms with Gasteiger partial charge < -0.3 is 14.9 Å². The minimum absolute atomic E-state index is 0.438. The van der Waals surface area contributed by atoms with Gasteiger partial charge in [-0.2, -0.15) is 4.98 Å². The molecule has 0 unspecified atom stereocenters. The molecule has 112 valence electrons. The van der Waals surface area contributed by atoms with E-state index in [4.69, 9.17) is 15.3 Å². The van der Waals surface area contributed by atoms with Gasteiger partial charge in [0.2, 0.25) is 5.88 Å². The van der Waals surface area contributed by atoms with Crippen molar-refractivity contribution < 1.29 is 9.47 Å². The Balaban J connectivity index is 2.28. The third-order valence-electron chi connectivity index (χ3n) is 2.73. The first kappa shape index (κ1) is 15.1. The fraction of sp³-hybridized carbons (Fsp3) is 0.333. The molecule has 0 saturated carbocycles. The van der Waals surface area contributed by atoms with E-state index in [9.17, 15) is 0 Å². The zero-order chi connectivity index (χ0) is 15.1. The van der Waals surface area contributed by atoms with Crippen LogP contribution in [-0.4, -0.2) is 16.6 Å². The Bertz CT molecular complexity index is 590. The summed E-state index contributed by atoms with van der Waals surface area (Å²) in [6.45, 7) is 4.56. The highest BCUT2D eigenvalue weighted by atomic mass is 16.5. The van der Waals surface area contributed by atoms with Gasteiger partial charge in [0.15, 0.2) is 11.5 Å². The van der Waals surface area contributed by atoms with Crippen molar-refractivity contribution in [2.24, 2.45) is 5.84 Å². The molecule has 0 atom stereocenters. The predicted octanol–water partition coefficient (Wildman–Crippen LogP) is 2.91. The number of aryl methyl sites for hydroxylation is 1. The van der Waals surface area contributed by atoms with Gasteiger partial charge in [0, 0.05) is 12.5 Å². The smallest absolute Gasteiger partial charge is 0.224 e. The monoisotopic (exact) mass is 288 g/mol. The number of para-hydroxylation sites is 2. The Labute approximate surface area is 124 Å². The lowest BCUT2D eigenvalue weighted by Crippen LogP contribution is -2.11. The van der Waals surface area contributed by atoms with Crippen molar-refractivity contribution in [2.45, 2.75) is 26.7 Å². The van der Waals surface area contributed by atoms with Crippen LogP contribution in [0.4, 0.5) is 5.82 Å². The normalized spacial score (nSPS) is 10.2. The molecule has 0 bridgehead atoms. The molecule has 0 aliphatic rings. The number of hydrogen-bond acceptors (Lipinski definition) is 6. The van der Waals surface area contributed by atoms with Crippen LogP contribution in [0.15, 0.2) is 30.3 Å². The van der Waals surface area contributed by atoms with Crippen molar-refractivity contribution in [1.29, 1.82) is 0 Å². The van der Waals surface area contributed by atoms with Crippen molar-refractivity contribution in [1.82, 2.24) is 9.97 Å². The van der Waals surface area contributed by atoms with Crippen LogP contribution >= 0.6 is 0 Å². The lowest BCUT2D eigenvalue weighted by molar-refractivity contribution is 0.319. The van der Waals surface area contributed by atoms with E-state index in [2.05, 4.69) is 22.3 Å². The van der Waals surface area contributed by atoms with E-state index < -0.39 is 0 Å². The predicted molar refractivity (Wildman–Crippen MR) is 81.5 cm³/mol. The van der Waals surface area contributed by atoms with E-state index >= 15 is 0 Å². The van der Waals surface area contributed by atoms with Gasteiger partial charge in [-0.3, -0.25) is 0 Å². The number of ether oxygens (including phenoxy) is 2. The summed E-state index contributed by atoms with van der Waals surface area (Å²) in [6, 6.07) is 9.13. The quantitative estimate of drug-likeness (QED) is 0.602. The van der Waals surface area contributed by atoms with E-state index in [1.807, 2.05) is 31.2 Å². The molecule has 1 aromatic carbocycles. The summed E-state index contributed by atoms with van der Waals surface area (Å²) in [5.74, 6) is 8.38. The molecule has 1 aromatic heterocycles. The molecule has 0 fully saturated rings. The Morgan fingerprint density at radius 1 is 1.14 bits per heavy atom. The minimum Gasteiger partial charge on any atom is -0.490 e. The first-order valence-corrected chi connectivity index (χ1v) is 7.01. The number of rotatable bonds is 7. The number of hydrogen-bond donors (Lipinski definition) is 2. The first-order chi connectivity index (χ1) is 10.3. The molecule has 0 aliphatic heterocycles. The molecular formula is C15H20N4O2. The lowest BCUT2D eigenvalue weighted by Gasteiger charge is -2.12. The molecule has 0 spiro atoms. The Hall–Kier alpha value is -2.34. The van der Waals surface area contributed by atoms with Crippen LogP contribution in [0.2, 0.25) is 0 Å². The molecule has 0 amide bonds. The largest absolute Gasteiger partial charge is 0.490 e. The number of anilines is 1. The van der Waals surface area contributed by atoms with Gasteiger partial charge in [-0.15, -0.1) is 0 Å². The molecular weight excluding hydrogens is 268 g/mol. The fourth-order valence-corrected chi connectivity index (χ4v) is 1.86. The second-order valence-corrected chi connectivity index (χ2v) is 4.38. The molecule has 0 saturated heterocycles. The van der Waals surface area contributed by atoms with Crippen molar-refractivity contribution in [3.05, 3.63) is 36.2 Å². The van der Waals surface area contributed by atoms with Crippen molar-refractivity contribution in [3.8, 4) is 17.4 Å². The number of nitrogen functional groups attached to an aromatic ring is 1. The highest BCUT2D eigenvalue weighted by molar-refractivity contribution is 5.44. The van der Waals surface area contributed by atoms with Crippen molar-refractivity contribution in [3.63, 3.8) is 0 Å². The SMILES string of the molecule is CCCc1nc(NN)cc(Oc2ccccc2OCC)n1. The van der Waals surface area contributed by atoms with Gasteiger partial charge in [-0.25, -0.2) is 10.8 Å². The number of aromatic nitrogens is 2. The molecule has 6 nitrogen and oxygen atoms in total. The molecule has 21 heavy (non-hydrogen) atoms. The van der Waals surface area contributed by atoms with Gasteiger partial charge in [-0.1, -0.05) is 19.1 Å². The summed E-state index contributed by atoms with van der Waals surface area (Å²) in [5, 5.41) is 0. The number of hydrazine groups is 1. The van der Waals surface area contributed by atoms with Crippen LogP contribution in [-0.2, 0) is 6.42 Å². The standard InChI is InChI=1S/C15H20N4O2/c1-3-7-13-17-14(19-16)10-15(18-13)21-12-9-6-5-8-11(12)20-4-2/h5-6,8-10H,3-4,7,16H2,1-2H3,(H,17,18,19). The molecule has 3 N–H and O–H groups in total. The van der Waals surface area contributed by atoms with Gasteiger partial charge >= 0.3 is 0 Å². The lowest BCUT2D eigenvalue weighted by atomic mass is 10.3. The maximum absolute atomic E-state index is 5.82. The highest BCUT2D eigenvalue weighted by Gasteiger charge is 2.09. The molecule has 1 heterocycles. The number of benzene rings is 1. The van der Waals surface area contributed by atoms with E-state index in [0.29, 0.717) is 35.6 Å². The average molecular weight is 288 g/mol. The van der Waals surface area contributed by atoms with E-state index in [1.54, 1.807) is 6.07 Å². The van der Waals surface area contributed by atoms with Crippen LogP contribution in [0.25, 0.3) is 0 Å². The maximum Gasteiger partial charge on any atom is 0.224 e. The molecule has 2 aromatic rings. The Morgan fingerprint density at radius 3 is 2.57 bits per heavy atom. The number of nitrogens with zero attached hydrogens (tertiary/aromatic N) is 2. The van der Waals surface area contributed by atoms with Crippen LogP contribution in [0, 0.1) is 0 Å². The second-order valence-electron chi connectivity index (χ2n) is 4.38. The van der Waals surface area contributed by atoms with Gasteiger partial charge in [0.05, 0.1) is 6.61 Å². The Kier molecular flexibility index (Phi) is 5.34. The van der Waals surface area contributed by atoms with Crippen LogP contribution in [0.5, 0.6) is 17.4 Å². The third-order valence-corrected chi connectivity index (χ3v) is 2.73. The number of nitrogens with one attached hydrogen (secondary N) is 1. The van der Waals surface area contributed by atoms with Gasteiger partial charge in [0.25, 0.3) is 0 Å². The maximum atomic E-state index is 5.82. The highest BCUT2D eigenvalue weighted by Crippen LogP contribution is 2.31. The third kappa shape index (κ3) is 4.06. The summed E-state index contributed by atoms with van der Waals surface area (Å²) in [7, 11) is 0. The van der Waals surface area contributed by atoms with Crippen LogP contribution in [0.3, 0.4) is 0 Å². The van der Waals surface area contributed by atoms with Crippen LogP contribution in [0.1, 0.15) is 26.1 Å². The molecule has 0 aliphatic carbocycles. The van der Waals surface area contributed by atoms with Crippen molar-refractivity contribution >= 4 is 5.82 Å². The summed E-state index contributed by atoms with van der Waals surface area (Å²) >= 11 is 0. The molecule has 6 heteroatoms. The molecule has 2 rings (SSSR count). The number of nitrogens with two attached hydrogens (primary N) is 1. The zero-order valence-corrected chi connectivity index (χ0v) is 12.3. The van der Waals surface area contributed by atoms with E-state index in [-0.39, 0.29) is 0 Å². The topological polar surface area (TPSA) is 82.3 Å². The zero-order valence-electron chi connectivity index (χ0n) is 12.3. The van der Waals surface area contributed by atoms with E-state index in [0.717, 1.165) is 12.8 Å². The van der Waals surface area contributed by atoms with Crippen molar-refractivity contribution in [2.75, 3.05) is 12.0 Å². The molecule has 0 radical (unpaired) electrons. The summed E-state index contributed by atoms with van der Waals surface area (Å²) < 4.78 is 11.4. The summed E-state index contributed by atoms with van der Waals surface area (Å²) in [5.41, 5.74) is 2.53.